The molecule has 7 nitrogen and oxygen atoms in total. The van der Waals surface area contributed by atoms with Gasteiger partial charge in [-0.05, 0) is 38.5 Å². The number of aryl methyl sites for hydroxylation is 1. The summed E-state index contributed by atoms with van der Waals surface area (Å²) in [5.74, 6) is -0.953. The van der Waals surface area contributed by atoms with Crippen LogP contribution in [-0.2, 0) is 19.1 Å². The number of esters is 1. The fraction of sp³-hybridized carbons (Fsp3) is 0.438. The Bertz CT molecular complexity index is 559. The van der Waals surface area contributed by atoms with Gasteiger partial charge in [-0.3, -0.25) is 9.59 Å². The minimum absolute atomic E-state index is 0.153. The summed E-state index contributed by atoms with van der Waals surface area (Å²) in [6.07, 6.45) is -0.840. The van der Waals surface area contributed by atoms with Crippen molar-refractivity contribution in [2.24, 2.45) is 0 Å². The molecule has 126 valence electrons. The van der Waals surface area contributed by atoms with E-state index < -0.39 is 24.6 Å². The predicted molar refractivity (Wildman–Crippen MR) is 83.9 cm³/mol. The van der Waals surface area contributed by atoms with Crippen LogP contribution < -0.4 is 15.4 Å². The molecule has 7 heteroatoms. The number of hydrogen-bond donors (Lipinski definition) is 2. The lowest BCUT2D eigenvalue weighted by atomic mass is 10.2. The van der Waals surface area contributed by atoms with E-state index in [1.54, 1.807) is 19.1 Å². The number of likely N-dealkylation sites (N-methyl/N-ethyl adjacent to an activating group) is 1. The molecule has 0 unspecified atom stereocenters. The third kappa shape index (κ3) is 7.30. The first kappa shape index (κ1) is 18.5. The molecule has 1 atom stereocenters. The van der Waals surface area contributed by atoms with Crippen molar-refractivity contribution in [3.63, 3.8) is 0 Å². The van der Waals surface area contributed by atoms with Gasteiger partial charge in [0.1, 0.15) is 5.75 Å². The standard InChI is InChI=1S/C16H22N2O5/c1-4-17-14(19)9-18-15(20)10-22-16(21)12(3)23-13-7-5-6-11(2)8-13/h5-8,12H,4,9-10H2,1-3H3,(H,17,19)(H,18,20)/t12-/m1/s1. The average Bonchev–Trinajstić information content (AvgIpc) is 2.50. The van der Waals surface area contributed by atoms with Gasteiger partial charge in [0, 0.05) is 6.54 Å². The molecule has 0 aliphatic carbocycles. The van der Waals surface area contributed by atoms with Crippen LogP contribution in [-0.4, -0.2) is 43.6 Å². The normalized spacial score (nSPS) is 11.3. The summed E-state index contributed by atoms with van der Waals surface area (Å²) < 4.78 is 10.3. The van der Waals surface area contributed by atoms with Gasteiger partial charge in [-0.25, -0.2) is 4.79 Å². The van der Waals surface area contributed by atoms with Crippen LogP contribution in [0.3, 0.4) is 0 Å². The highest BCUT2D eigenvalue weighted by Crippen LogP contribution is 2.14. The van der Waals surface area contributed by atoms with Crippen LogP contribution in [0.15, 0.2) is 24.3 Å². The highest BCUT2D eigenvalue weighted by Gasteiger charge is 2.18. The van der Waals surface area contributed by atoms with Crippen LogP contribution >= 0.6 is 0 Å². The minimum Gasteiger partial charge on any atom is -0.479 e. The summed E-state index contributed by atoms with van der Waals surface area (Å²) >= 11 is 0. The molecule has 2 N–H and O–H groups in total. The van der Waals surface area contributed by atoms with Crippen molar-refractivity contribution in [2.45, 2.75) is 26.9 Å². The van der Waals surface area contributed by atoms with Gasteiger partial charge in [0.05, 0.1) is 6.54 Å². The molecule has 1 rings (SSSR count). The predicted octanol–water partition coefficient (Wildman–Crippen LogP) is 0.558. The quantitative estimate of drug-likeness (QED) is 0.682. The third-order valence-corrected chi connectivity index (χ3v) is 2.80. The summed E-state index contributed by atoms with van der Waals surface area (Å²) in [7, 11) is 0. The second-order valence-corrected chi connectivity index (χ2v) is 4.91. The van der Waals surface area contributed by atoms with Crippen LogP contribution in [0.4, 0.5) is 0 Å². The number of carbonyl (C=O) groups is 3. The minimum atomic E-state index is -0.840. The largest absolute Gasteiger partial charge is 0.479 e. The zero-order valence-electron chi connectivity index (χ0n) is 13.5. The molecule has 0 aliphatic rings. The maximum Gasteiger partial charge on any atom is 0.347 e. The van der Waals surface area contributed by atoms with Gasteiger partial charge in [0.25, 0.3) is 5.91 Å². The molecule has 0 aliphatic heterocycles. The molecular formula is C16H22N2O5. The Morgan fingerprint density at radius 3 is 2.57 bits per heavy atom. The third-order valence-electron chi connectivity index (χ3n) is 2.80. The maximum atomic E-state index is 11.8. The monoisotopic (exact) mass is 322 g/mol. The molecule has 0 bridgehead atoms. The van der Waals surface area contributed by atoms with Crippen LogP contribution in [0.5, 0.6) is 5.75 Å². The zero-order chi connectivity index (χ0) is 17.2. The average molecular weight is 322 g/mol. The van der Waals surface area contributed by atoms with Gasteiger partial charge < -0.3 is 20.1 Å². The van der Waals surface area contributed by atoms with Gasteiger partial charge in [0.15, 0.2) is 12.7 Å². The molecule has 1 aromatic rings. The second kappa shape index (κ2) is 9.45. The summed E-state index contributed by atoms with van der Waals surface area (Å²) in [4.78, 5) is 34.4. The Labute approximate surface area is 135 Å². The number of nitrogens with one attached hydrogen (secondary N) is 2. The zero-order valence-corrected chi connectivity index (χ0v) is 13.5. The van der Waals surface area contributed by atoms with Crippen LogP contribution in [0.25, 0.3) is 0 Å². The van der Waals surface area contributed by atoms with Crippen molar-refractivity contribution in [2.75, 3.05) is 19.7 Å². The van der Waals surface area contributed by atoms with Crippen molar-refractivity contribution in [1.29, 1.82) is 0 Å². The molecule has 0 heterocycles. The number of amides is 2. The van der Waals surface area contributed by atoms with Gasteiger partial charge in [-0.15, -0.1) is 0 Å². The van der Waals surface area contributed by atoms with E-state index in [4.69, 9.17) is 9.47 Å². The van der Waals surface area contributed by atoms with Crippen molar-refractivity contribution in [3.05, 3.63) is 29.8 Å². The molecular weight excluding hydrogens is 300 g/mol. The fourth-order valence-electron chi connectivity index (χ4n) is 1.68. The molecule has 1 aromatic carbocycles. The fourth-order valence-corrected chi connectivity index (χ4v) is 1.68. The van der Waals surface area contributed by atoms with E-state index in [1.165, 1.54) is 6.92 Å². The lowest BCUT2D eigenvalue weighted by Gasteiger charge is -2.14. The topological polar surface area (TPSA) is 93.7 Å². The lowest BCUT2D eigenvalue weighted by molar-refractivity contribution is -0.154. The summed E-state index contributed by atoms with van der Waals surface area (Å²) in [5.41, 5.74) is 1.01. The van der Waals surface area contributed by atoms with Gasteiger partial charge >= 0.3 is 5.97 Å². The van der Waals surface area contributed by atoms with E-state index in [1.807, 2.05) is 19.1 Å². The Kier molecular flexibility index (Phi) is 7.59. The van der Waals surface area contributed by atoms with Gasteiger partial charge in [-0.1, -0.05) is 12.1 Å². The first-order valence-electron chi connectivity index (χ1n) is 7.35. The van der Waals surface area contributed by atoms with E-state index in [-0.39, 0.29) is 12.5 Å². The van der Waals surface area contributed by atoms with Gasteiger partial charge in [0.2, 0.25) is 5.91 Å². The van der Waals surface area contributed by atoms with Crippen molar-refractivity contribution >= 4 is 17.8 Å². The molecule has 23 heavy (non-hydrogen) atoms. The number of carbonyl (C=O) groups excluding carboxylic acids is 3. The molecule has 0 aromatic heterocycles. The summed E-state index contributed by atoms with van der Waals surface area (Å²) in [6, 6.07) is 7.26. The summed E-state index contributed by atoms with van der Waals surface area (Å²) in [6.45, 7) is 5.10. The van der Waals surface area contributed by atoms with Crippen molar-refractivity contribution in [1.82, 2.24) is 10.6 Å². The number of hydrogen-bond acceptors (Lipinski definition) is 5. The lowest BCUT2D eigenvalue weighted by Crippen LogP contribution is -2.39. The Morgan fingerprint density at radius 2 is 1.91 bits per heavy atom. The first-order valence-corrected chi connectivity index (χ1v) is 7.35. The van der Waals surface area contributed by atoms with E-state index in [9.17, 15) is 14.4 Å². The van der Waals surface area contributed by atoms with Crippen LogP contribution in [0, 0.1) is 6.92 Å². The maximum absolute atomic E-state index is 11.8. The van der Waals surface area contributed by atoms with E-state index in [0.29, 0.717) is 12.3 Å². The molecule has 0 saturated heterocycles. The number of ether oxygens (including phenoxy) is 2. The summed E-state index contributed by atoms with van der Waals surface area (Å²) in [5, 5.41) is 4.88. The molecule has 0 fully saturated rings. The number of rotatable bonds is 8. The second-order valence-electron chi connectivity index (χ2n) is 4.91. The molecule has 0 radical (unpaired) electrons. The van der Waals surface area contributed by atoms with E-state index in [2.05, 4.69) is 10.6 Å². The van der Waals surface area contributed by atoms with E-state index in [0.717, 1.165) is 5.56 Å². The Morgan fingerprint density at radius 1 is 1.17 bits per heavy atom. The Hall–Kier alpha value is -2.57. The molecule has 0 spiro atoms. The highest BCUT2D eigenvalue weighted by molar-refractivity contribution is 5.86. The highest BCUT2D eigenvalue weighted by atomic mass is 16.6. The van der Waals surface area contributed by atoms with Crippen LogP contribution in [0.2, 0.25) is 0 Å². The SMILES string of the molecule is CCNC(=O)CNC(=O)COC(=O)[C@@H](C)Oc1cccc(C)c1. The van der Waals surface area contributed by atoms with Crippen molar-refractivity contribution < 1.29 is 23.9 Å². The first-order chi connectivity index (χ1) is 10.9. The van der Waals surface area contributed by atoms with E-state index >= 15 is 0 Å². The molecule has 2 amide bonds. The number of benzene rings is 1. The van der Waals surface area contributed by atoms with Gasteiger partial charge in [-0.2, -0.15) is 0 Å². The molecule has 0 saturated carbocycles. The Balaban J connectivity index is 2.32. The smallest absolute Gasteiger partial charge is 0.347 e. The van der Waals surface area contributed by atoms with Crippen LogP contribution in [0.1, 0.15) is 19.4 Å². The van der Waals surface area contributed by atoms with Crippen molar-refractivity contribution in [3.8, 4) is 5.75 Å².